The molecule has 0 aliphatic carbocycles. The van der Waals surface area contributed by atoms with Crippen molar-refractivity contribution in [3.8, 4) is 22.9 Å². The lowest BCUT2D eigenvalue weighted by Gasteiger charge is -2.12. The van der Waals surface area contributed by atoms with Crippen LogP contribution in [0.4, 0.5) is 0 Å². The number of aromatic nitrogens is 2. The van der Waals surface area contributed by atoms with E-state index in [1.807, 2.05) is 30.3 Å². The summed E-state index contributed by atoms with van der Waals surface area (Å²) >= 11 is 0. The van der Waals surface area contributed by atoms with Gasteiger partial charge >= 0.3 is 0 Å². The lowest BCUT2D eigenvalue weighted by molar-refractivity contribution is -0.118. The van der Waals surface area contributed by atoms with Crippen molar-refractivity contribution in [2.24, 2.45) is 0 Å². The molecule has 10 heteroatoms. The van der Waals surface area contributed by atoms with Crippen molar-refractivity contribution in [1.29, 1.82) is 0 Å². The zero-order valence-corrected chi connectivity index (χ0v) is 19.0. The fourth-order valence-electron chi connectivity index (χ4n) is 3.13. The van der Waals surface area contributed by atoms with E-state index >= 15 is 0 Å². The minimum absolute atomic E-state index is 0.0393. The number of furan rings is 1. The van der Waals surface area contributed by atoms with E-state index < -0.39 is 11.8 Å². The molecule has 0 unspecified atom stereocenters. The Balaban J connectivity index is 1.48. The maximum absolute atomic E-state index is 12.9. The molecule has 0 atom stereocenters. The van der Waals surface area contributed by atoms with Crippen molar-refractivity contribution in [3.63, 3.8) is 0 Å². The van der Waals surface area contributed by atoms with Crippen molar-refractivity contribution < 1.29 is 28.0 Å². The number of carbonyl (C=O) groups is 2. The third-order valence-corrected chi connectivity index (χ3v) is 4.87. The Labute approximate surface area is 200 Å². The Morgan fingerprint density at radius 3 is 2.51 bits per heavy atom. The second-order valence-corrected chi connectivity index (χ2v) is 7.16. The number of methoxy groups -OCH3 is 2. The lowest BCUT2D eigenvalue weighted by atomic mass is 10.1. The van der Waals surface area contributed by atoms with Gasteiger partial charge in [0.05, 0.1) is 27.0 Å². The third-order valence-electron chi connectivity index (χ3n) is 4.87. The highest BCUT2D eigenvalue weighted by Gasteiger charge is 2.18. The number of benzene rings is 2. The molecule has 0 saturated carbocycles. The summed E-state index contributed by atoms with van der Waals surface area (Å²) in [5.41, 5.74) is 1.02. The third kappa shape index (κ3) is 5.74. The van der Waals surface area contributed by atoms with Crippen LogP contribution in [-0.2, 0) is 11.3 Å². The van der Waals surface area contributed by atoms with Gasteiger partial charge in [0.1, 0.15) is 11.5 Å². The molecule has 178 valence electrons. The van der Waals surface area contributed by atoms with Gasteiger partial charge in [-0.15, -0.1) is 0 Å². The quantitative estimate of drug-likeness (QED) is 0.353. The van der Waals surface area contributed by atoms with Crippen LogP contribution in [0.15, 0.2) is 81.6 Å². The summed E-state index contributed by atoms with van der Waals surface area (Å²) in [5.74, 6) is 0.753. The van der Waals surface area contributed by atoms with Crippen LogP contribution in [0.2, 0.25) is 0 Å². The van der Waals surface area contributed by atoms with E-state index in [4.69, 9.17) is 18.4 Å². The molecule has 0 aliphatic heterocycles. The summed E-state index contributed by atoms with van der Waals surface area (Å²) in [4.78, 5) is 30.1. The van der Waals surface area contributed by atoms with E-state index in [1.54, 1.807) is 24.3 Å². The van der Waals surface area contributed by atoms with Gasteiger partial charge in [0, 0.05) is 17.2 Å². The van der Waals surface area contributed by atoms with Crippen molar-refractivity contribution >= 4 is 17.9 Å². The van der Waals surface area contributed by atoms with Crippen molar-refractivity contribution in [1.82, 2.24) is 20.8 Å². The Morgan fingerprint density at radius 2 is 1.80 bits per heavy atom. The number of ether oxygens (including phenoxy) is 2. The summed E-state index contributed by atoms with van der Waals surface area (Å²) in [6.07, 6.45) is 2.87. The van der Waals surface area contributed by atoms with Crippen LogP contribution in [0.25, 0.3) is 17.5 Å². The molecule has 2 N–H and O–H groups in total. The fraction of sp³-hybridized carbons (Fsp3) is 0.120. The monoisotopic (exact) mass is 474 g/mol. The summed E-state index contributed by atoms with van der Waals surface area (Å²) in [5, 5.41) is 9.21. The molecule has 4 rings (SSSR count). The highest BCUT2D eigenvalue weighted by atomic mass is 16.5. The average Bonchev–Trinajstić information content (AvgIpc) is 3.59. The summed E-state index contributed by atoms with van der Waals surface area (Å²) in [6, 6.07) is 17.3. The van der Waals surface area contributed by atoms with E-state index in [-0.39, 0.29) is 23.7 Å². The zero-order chi connectivity index (χ0) is 24.6. The smallest absolute Gasteiger partial charge is 0.268 e. The van der Waals surface area contributed by atoms with Crippen LogP contribution < -0.4 is 20.1 Å². The lowest BCUT2D eigenvalue weighted by Crippen LogP contribution is -2.34. The topological polar surface area (TPSA) is 129 Å². The molecule has 4 aromatic rings. The largest absolute Gasteiger partial charge is 0.493 e. The van der Waals surface area contributed by atoms with Crippen molar-refractivity contribution in [2.45, 2.75) is 6.54 Å². The van der Waals surface area contributed by atoms with Crippen molar-refractivity contribution in [3.05, 3.63) is 89.8 Å². The summed E-state index contributed by atoms with van der Waals surface area (Å²) < 4.78 is 21.0. The van der Waals surface area contributed by atoms with Gasteiger partial charge in [-0.1, -0.05) is 35.5 Å². The highest BCUT2D eigenvalue weighted by Crippen LogP contribution is 2.27. The van der Waals surface area contributed by atoms with Crippen LogP contribution in [0.3, 0.4) is 0 Å². The van der Waals surface area contributed by atoms with Gasteiger partial charge in [-0.25, -0.2) is 0 Å². The molecule has 0 radical (unpaired) electrons. The second kappa shape index (κ2) is 10.8. The molecule has 0 bridgehead atoms. The summed E-state index contributed by atoms with van der Waals surface area (Å²) in [6.45, 7) is -0.0413. The SMILES string of the molecule is COc1ccc(C(=O)N/C(=C\c2ccco2)C(=O)NCc2nc(-c3ccccc3)no2)cc1OC. The van der Waals surface area contributed by atoms with E-state index in [1.165, 1.54) is 32.6 Å². The first-order valence-electron chi connectivity index (χ1n) is 10.5. The van der Waals surface area contributed by atoms with Gasteiger partial charge in [-0.05, 0) is 30.3 Å². The maximum atomic E-state index is 12.9. The van der Waals surface area contributed by atoms with Gasteiger partial charge in [-0.3, -0.25) is 9.59 Å². The first-order valence-corrected chi connectivity index (χ1v) is 10.5. The molecule has 2 aromatic carbocycles. The van der Waals surface area contributed by atoms with E-state index in [0.717, 1.165) is 5.56 Å². The number of carbonyl (C=O) groups excluding carboxylic acids is 2. The van der Waals surface area contributed by atoms with Gasteiger partial charge < -0.3 is 29.0 Å². The van der Waals surface area contributed by atoms with Crippen LogP contribution in [0.1, 0.15) is 22.0 Å². The number of hydrogen-bond donors (Lipinski definition) is 2. The molecular formula is C25H22N4O6. The van der Waals surface area contributed by atoms with Crippen LogP contribution in [-0.4, -0.2) is 36.2 Å². The molecule has 2 heterocycles. The number of amides is 2. The van der Waals surface area contributed by atoms with Crippen molar-refractivity contribution in [2.75, 3.05) is 14.2 Å². The molecule has 2 amide bonds. The van der Waals surface area contributed by atoms with Gasteiger partial charge in [-0.2, -0.15) is 4.98 Å². The normalized spacial score (nSPS) is 11.1. The van der Waals surface area contributed by atoms with E-state index in [9.17, 15) is 9.59 Å². The van der Waals surface area contributed by atoms with Gasteiger partial charge in [0.2, 0.25) is 11.7 Å². The Hall–Kier alpha value is -4.86. The van der Waals surface area contributed by atoms with E-state index in [0.29, 0.717) is 23.1 Å². The molecule has 35 heavy (non-hydrogen) atoms. The molecular weight excluding hydrogens is 452 g/mol. The standard InChI is InChI=1S/C25H22N4O6/c1-32-20-11-10-17(13-21(20)33-2)24(30)27-19(14-18-9-6-12-34-18)25(31)26-15-22-28-23(29-35-22)16-7-4-3-5-8-16/h3-14H,15H2,1-2H3,(H,26,31)(H,27,30)/b19-14-. The number of nitrogens with zero attached hydrogens (tertiary/aromatic N) is 2. The Morgan fingerprint density at radius 1 is 1.00 bits per heavy atom. The number of rotatable bonds is 9. The average molecular weight is 474 g/mol. The van der Waals surface area contributed by atoms with Crippen LogP contribution in [0.5, 0.6) is 11.5 Å². The minimum atomic E-state index is -0.574. The first-order chi connectivity index (χ1) is 17.1. The first kappa shape index (κ1) is 23.3. The predicted octanol–water partition coefficient (Wildman–Crippen LogP) is 3.43. The minimum Gasteiger partial charge on any atom is -0.493 e. The number of nitrogens with one attached hydrogen (secondary N) is 2. The van der Waals surface area contributed by atoms with Crippen LogP contribution >= 0.6 is 0 Å². The number of hydrogen-bond acceptors (Lipinski definition) is 8. The molecule has 0 spiro atoms. The second-order valence-electron chi connectivity index (χ2n) is 7.16. The van der Waals surface area contributed by atoms with Gasteiger partial charge in [0.15, 0.2) is 11.5 Å². The molecule has 2 aromatic heterocycles. The zero-order valence-electron chi connectivity index (χ0n) is 19.0. The molecule has 0 fully saturated rings. The van der Waals surface area contributed by atoms with Crippen LogP contribution in [0, 0.1) is 0 Å². The fourth-order valence-corrected chi connectivity index (χ4v) is 3.13. The molecule has 10 nitrogen and oxygen atoms in total. The van der Waals surface area contributed by atoms with E-state index in [2.05, 4.69) is 20.8 Å². The predicted molar refractivity (Wildman–Crippen MR) is 125 cm³/mol. The Bertz CT molecular complexity index is 1330. The Kier molecular flexibility index (Phi) is 7.22. The highest BCUT2D eigenvalue weighted by molar-refractivity contribution is 6.05. The molecule has 0 aliphatic rings. The maximum Gasteiger partial charge on any atom is 0.268 e. The molecule has 0 saturated heterocycles. The van der Waals surface area contributed by atoms with Gasteiger partial charge in [0.25, 0.3) is 11.8 Å². The summed E-state index contributed by atoms with van der Waals surface area (Å²) in [7, 11) is 2.97.